The average molecular weight is 538 g/mol. The number of hydrogen-bond acceptors (Lipinski definition) is 7. The number of rotatable bonds is 7. The van der Waals surface area contributed by atoms with Gasteiger partial charge in [0.1, 0.15) is 17.6 Å². The van der Waals surface area contributed by atoms with Crippen LogP contribution in [-0.4, -0.2) is 84.4 Å². The molecule has 5 rings (SSSR count). The van der Waals surface area contributed by atoms with E-state index in [1.165, 1.54) is 4.90 Å². The fourth-order valence-electron chi connectivity index (χ4n) is 6.69. The van der Waals surface area contributed by atoms with E-state index in [2.05, 4.69) is 18.7 Å². The molecule has 39 heavy (non-hydrogen) atoms. The minimum atomic E-state index is -1.35. The highest BCUT2D eigenvalue weighted by Crippen LogP contribution is 2.54. The average Bonchev–Trinajstić information content (AvgIpc) is 3.29. The Morgan fingerprint density at radius 2 is 1.79 bits per heavy atom. The Labute approximate surface area is 230 Å². The van der Waals surface area contributed by atoms with Crippen LogP contribution in [0.1, 0.15) is 34.1 Å². The summed E-state index contributed by atoms with van der Waals surface area (Å²) in [6.07, 6.45) is 7.27. The molecule has 0 saturated carbocycles. The van der Waals surface area contributed by atoms with Crippen molar-refractivity contribution in [2.24, 2.45) is 17.8 Å². The molecular weight excluding hydrogens is 498 g/mol. The SMILES string of the molecule is CCN(CC)c1ccc(N2CC=C[C@]34O[C@H]5C=CCCOC(=O)[C@H]5[C@H]3C(=O)N([C@@H](CO)C(C)C)C4C2=O)cc1. The number of amides is 2. The molecular formula is C30H39N3O6. The van der Waals surface area contributed by atoms with Gasteiger partial charge >= 0.3 is 5.97 Å². The molecule has 4 heterocycles. The molecule has 2 saturated heterocycles. The van der Waals surface area contributed by atoms with E-state index in [4.69, 9.17) is 9.47 Å². The van der Waals surface area contributed by atoms with Gasteiger partial charge in [-0.25, -0.2) is 0 Å². The highest BCUT2D eigenvalue weighted by atomic mass is 16.6. The third-order valence-corrected chi connectivity index (χ3v) is 8.66. The van der Waals surface area contributed by atoms with Gasteiger partial charge in [-0.2, -0.15) is 0 Å². The lowest BCUT2D eigenvalue weighted by molar-refractivity contribution is -0.155. The fraction of sp³-hybridized carbons (Fsp3) is 0.567. The Morgan fingerprint density at radius 3 is 2.44 bits per heavy atom. The number of carbonyl (C=O) groups is 3. The maximum Gasteiger partial charge on any atom is 0.312 e. The van der Waals surface area contributed by atoms with Crippen molar-refractivity contribution in [1.82, 2.24) is 4.90 Å². The van der Waals surface area contributed by atoms with Gasteiger partial charge < -0.3 is 29.3 Å². The van der Waals surface area contributed by atoms with Crippen LogP contribution in [0.25, 0.3) is 0 Å². The zero-order chi connectivity index (χ0) is 27.9. The highest BCUT2D eigenvalue weighted by molar-refractivity contribution is 6.05. The molecule has 0 radical (unpaired) electrons. The van der Waals surface area contributed by atoms with Crippen LogP contribution < -0.4 is 9.80 Å². The van der Waals surface area contributed by atoms with Gasteiger partial charge in [0.2, 0.25) is 5.91 Å². The van der Waals surface area contributed by atoms with E-state index in [0.29, 0.717) is 18.7 Å². The number of likely N-dealkylation sites (tertiary alicyclic amines) is 1. The standard InChI is InChI=1S/C30H39N3O6/c1-5-31(6-2)20-11-13-21(14-12-20)32-16-9-15-30-25(24-23(39-30)10-7-8-17-38-29(24)37)27(35)33(26(30)28(32)36)22(18-34)19(3)4/h7,9-15,19,22-26,34H,5-6,8,16-18H2,1-4H3/t22-,23-,24+,25-,26?,30-/m0/s1. The smallest absolute Gasteiger partial charge is 0.312 e. The van der Waals surface area contributed by atoms with Crippen molar-refractivity contribution >= 4 is 29.2 Å². The highest BCUT2D eigenvalue weighted by Gasteiger charge is 2.72. The fourth-order valence-corrected chi connectivity index (χ4v) is 6.69. The quantitative estimate of drug-likeness (QED) is 0.422. The number of nitrogens with zero attached hydrogens (tertiary/aromatic N) is 3. The van der Waals surface area contributed by atoms with E-state index in [9.17, 15) is 19.5 Å². The van der Waals surface area contributed by atoms with Crippen LogP contribution in [0.2, 0.25) is 0 Å². The molecule has 1 unspecified atom stereocenters. The Morgan fingerprint density at radius 1 is 1.08 bits per heavy atom. The first-order valence-electron chi connectivity index (χ1n) is 14.1. The number of ether oxygens (including phenoxy) is 2. The van der Waals surface area contributed by atoms with Gasteiger partial charge in [0.25, 0.3) is 5.91 Å². The topological polar surface area (TPSA) is 99.6 Å². The lowest BCUT2D eigenvalue weighted by Gasteiger charge is -2.40. The largest absolute Gasteiger partial charge is 0.465 e. The number of benzene rings is 1. The molecule has 0 aromatic heterocycles. The van der Waals surface area contributed by atoms with Crippen molar-refractivity contribution < 1.29 is 29.0 Å². The van der Waals surface area contributed by atoms with Gasteiger partial charge in [-0.15, -0.1) is 0 Å². The van der Waals surface area contributed by atoms with Crippen LogP contribution >= 0.6 is 0 Å². The predicted octanol–water partition coefficient (Wildman–Crippen LogP) is 2.54. The Hall–Kier alpha value is -3.17. The number of carbonyl (C=O) groups excluding carboxylic acids is 3. The van der Waals surface area contributed by atoms with E-state index in [1.807, 2.05) is 62.4 Å². The Kier molecular flexibility index (Phi) is 7.57. The summed E-state index contributed by atoms with van der Waals surface area (Å²) in [5.74, 6) is -3.07. The molecule has 9 heteroatoms. The summed E-state index contributed by atoms with van der Waals surface area (Å²) in [5.41, 5.74) is 0.425. The maximum atomic E-state index is 14.5. The molecule has 210 valence electrons. The van der Waals surface area contributed by atoms with Crippen molar-refractivity contribution in [3.8, 4) is 0 Å². The zero-order valence-corrected chi connectivity index (χ0v) is 23.2. The normalized spacial score (nSPS) is 30.9. The third-order valence-electron chi connectivity index (χ3n) is 8.66. The Bertz CT molecular complexity index is 1160. The molecule has 4 aliphatic heterocycles. The zero-order valence-electron chi connectivity index (χ0n) is 23.2. The number of hydrogen-bond donors (Lipinski definition) is 1. The molecule has 1 aromatic carbocycles. The second kappa shape index (κ2) is 10.8. The van der Waals surface area contributed by atoms with Gasteiger partial charge in [0.15, 0.2) is 0 Å². The van der Waals surface area contributed by atoms with Crippen molar-refractivity contribution in [2.45, 2.75) is 57.9 Å². The van der Waals surface area contributed by atoms with E-state index in [-0.39, 0.29) is 30.9 Å². The monoisotopic (exact) mass is 537 g/mol. The molecule has 9 nitrogen and oxygen atoms in total. The first-order valence-corrected chi connectivity index (χ1v) is 14.1. The summed E-state index contributed by atoms with van der Waals surface area (Å²) in [6, 6.07) is 6.19. The van der Waals surface area contributed by atoms with Crippen molar-refractivity contribution in [2.75, 3.05) is 42.6 Å². The lowest BCUT2D eigenvalue weighted by atomic mass is 9.77. The van der Waals surface area contributed by atoms with Crippen LogP contribution in [-0.2, 0) is 23.9 Å². The molecule has 1 N–H and O–H groups in total. The van der Waals surface area contributed by atoms with Gasteiger partial charge in [-0.05, 0) is 50.5 Å². The minimum Gasteiger partial charge on any atom is -0.465 e. The van der Waals surface area contributed by atoms with Crippen LogP contribution in [0.3, 0.4) is 0 Å². The van der Waals surface area contributed by atoms with Crippen molar-refractivity contribution in [1.29, 1.82) is 0 Å². The molecule has 1 spiro atoms. The number of aliphatic hydroxyl groups excluding tert-OH is 1. The van der Waals surface area contributed by atoms with Crippen LogP contribution in [0.5, 0.6) is 0 Å². The van der Waals surface area contributed by atoms with Crippen LogP contribution in [0.4, 0.5) is 11.4 Å². The number of cyclic esters (lactones) is 1. The van der Waals surface area contributed by atoms with Crippen molar-refractivity contribution in [3.05, 3.63) is 48.6 Å². The number of fused-ring (bicyclic) bond motifs is 2. The molecule has 2 fully saturated rings. The second-order valence-electron chi connectivity index (χ2n) is 11.0. The third kappa shape index (κ3) is 4.36. The van der Waals surface area contributed by atoms with E-state index < -0.39 is 41.6 Å². The molecule has 6 atom stereocenters. The molecule has 1 aromatic rings. The molecule has 0 aliphatic carbocycles. The van der Waals surface area contributed by atoms with Crippen LogP contribution in [0, 0.1) is 17.8 Å². The van der Waals surface area contributed by atoms with Gasteiger partial charge in [-0.3, -0.25) is 14.4 Å². The van der Waals surface area contributed by atoms with Gasteiger partial charge in [0, 0.05) is 31.0 Å². The summed E-state index contributed by atoms with van der Waals surface area (Å²) in [4.78, 5) is 47.3. The summed E-state index contributed by atoms with van der Waals surface area (Å²) in [5, 5.41) is 10.4. The van der Waals surface area contributed by atoms with Gasteiger partial charge in [0.05, 0.1) is 31.3 Å². The molecule has 4 aliphatic rings. The van der Waals surface area contributed by atoms with Crippen molar-refractivity contribution in [3.63, 3.8) is 0 Å². The van der Waals surface area contributed by atoms with E-state index >= 15 is 0 Å². The second-order valence-corrected chi connectivity index (χ2v) is 11.0. The maximum absolute atomic E-state index is 14.5. The first kappa shape index (κ1) is 27.4. The summed E-state index contributed by atoms with van der Waals surface area (Å²) in [7, 11) is 0. The number of anilines is 2. The summed E-state index contributed by atoms with van der Waals surface area (Å²) in [6.45, 7) is 9.98. The number of esters is 1. The predicted molar refractivity (Wildman–Crippen MR) is 147 cm³/mol. The summed E-state index contributed by atoms with van der Waals surface area (Å²) >= 11 is 0. The van der Waals surface area contributed by atoms with E-state index in [0.717, 1.165) is 18.8 Å². The lowest BCUT2D eigenvalue weighted by Crippen LogP contribution is -2.59. The van der Waals surface area contributed by atoms with Gasteiger partial charge in [-0.1, -0.05) is 38.2 Å². The summed E-state index contributed by atoms with van der Waals surface area (Å²) < 4.78 is 12.1. The Balaban J connectivity index is 1.59. The molecule has 0 bridgehead atoms. The number of aliphatic hydroxyl groups is 1. The van der Waals surface area contributed by atoms with E-state index in [1.54, 1.807) is 4.90 Å². The molecule has 2 amide bonds. The first-order chi connectivity index (χ1) is 18.8. The minimum absolute atomic E-state index is 0.128. The van der Waals surface area contributed by atoms with Crippen LogP contribution in [0.15, 0.2) is 48.6 Å².